The molecule has 1 aromatic rings. The highest BCUT2D eigenvalue weighted by Gasteiger charge is 2.39. The van der Waals surface area contributed by atoms with E-state index in [4.69, 9.17) is 0 Å². The molecule has 0 spiro atoms. The number of nitrogens with zero attached hydrogens (tertiary/aromatic N) is 1. The topological polar surface area (TPSA) is 45.8 Å². The lowest BCUT2D eigenvalue weighted by Gasteiger charge is -2.05. The van der Waals surface area contributed by atoms with E-state index in [0.717, 1.165) is 0 Å². The van der Waals surface area contributed by atoms with Gasteiger partial charge in [-0.3, -0.25) is 9.89 Å². The number of carbonyl (C=O) groups is 1. The number of ketones is 1. The Morgan fingerprint density at radius 3 is 2.43 bits per heavy atom. The van der Waals surface area contributed by atoms with Crippen LogP contribution in [0.3, 0.4) is 0 Å². The zero-order chi connectivity index (χ0) is 10.9. The lowest BCUT2D eigenvalue weighted by atomic mass is 10.1. The van der Waals surface area contributed by atoms with E-state index in [1.165, 1.54) is 5.10 Å². The number of aromatic amines is 1. The number of aromatic nitrogens is 2. The Kier molecular flexibility index (Phi) is 2.54. The van der Waals surface area contributed by atoms with Gasteiger partial charge in [0.1, 0.15) is 0 Å². The van der Waals surface area contributed by atoms with Crippen LogP contribution < -0.4 is 0 Å². The molecule has 0 aromatic carbocycles. The molecule has 0 atom stereocenters. The van der Waals surface area contributed by atoms with Crippen molar-refractivity contribution in [2.75, 3.05) is 0 Å². The highest BCUT2D eigenvalue weighted by molar-refractivity contribution is 5.99. The molecule has 3 nitrogen and oxygen atoms in total. The van der Waals surface area contributed by atoms with Crippen LogP contribution in [0, 0.1) is 0 Å². The number of Topliss-reactive ketones (excluding diaryl/α,β-unsaturated/α-hetero) is 1. The van der Waals surface area contributed by atoms with Crippen LogP contribution in [0.5, 0.6) is 0 Å². The van der Waals surface area contributed by atoms with E-state index < -0.39 is 29.6 Å². The summed E-state index contributed by atoms with van der Waals surface area (Å²) in [6.45, 7) is 0. The molecule has 1 heterocycles. The smallest absolute Gasteiger partial charge is 0.288 e. The van der Waals surface area contributed by atoms with Crippen LogP contribution in [0.1, 0.15) is 16.1 Å². The summed E-state index contributed by atoms with van der Waals surface area (Å²) in [7, 11) is 0. The molecule has 0 saturated carbocycles. The van der Waals surface area contributed by atoms with Crippen molar-refractivity contribution in [1.82, 2.24) is 10.2 Å². The molecule has 0 radical (unpaired) electrons. The van der Waals surface area contributed by atoms with Crippen molar-refractivity contribution < 1.29 is 26.7 Å². The molecule has 0 amide bonds. The molecule has 0 aliphatic carbocycles. The quantitative estimate of drug-likeness (QED) is 0.603. The van der Waals surface area contributed by atoms with Crippen molar-refractivity contribution in [2.45, 2.75) is 12.6 Å². The van der Waals surface area contributed by atoms with E-state index in [-0.39, 0.29) is 0 Å². The lowest BCUT2D eigenvalue weighted by Crippen LogP contribution is -2.16. The van der Waals surface area contributed by atoms with E-state index in [1.807, 2.05) is 0 Å². The Labute approximate surface area is 73.9 Å². The minimum absolute atomic E-state index is 0.428. The number of hydrogen-bond donors (Lipinski definition) is 1. The Morgan fingerprint density at radius 2 is 2.00 bits per heavy atom. The molecule has 0 fully saturated rings. The third-order valence-electron chi connectivity index (χ3n) is 1.39. The Morgan fingerprint density at radius 1 is 1.43 bits per heavy atom. The van der Waals surface area contributed by atoms with Gasteiger partial charge in [0.15, 0.2) is 5.69 Å². The highest BCUT2D eigenvalue weighted by Crippen LogP contribution is 2.30. The number of halogens is 5. The number of alkyl halides is 5. The Bertz CT molecular complexity index is 342. The molecule has 1 rings (SSSR count). The monoisotopic (exact) mass is 214 g/mol. The summed E-state index contributed by atoms with van der Waals surface area (Å²) in [5.74, 6) is -1.90. The first-order chi connectivity index (χ1) is 6.34. The van der Waals surface area contributed by atoms with Crippen molar-refractivity contribution in [1.29, 1.82) is 0 Å². The third-order valence-corrected chi connectivity index (χ3v) is 1.39. The molecular weight excluding hydrogens is 211 g/mol. The summed E-state index contributed by atoms with van der Waals surface area (Å²) in [5, 5.41) is 4.35. The molecular formula is C6H3F5N2O. The molecule has 0 aliphatic heterocycles. The van der Waals surface area contributed by atoms with Gasteiger partial charge in [0, 0.05) is 0 Å². The second-order valence-electron chi connectivity index (χ2n) is 2.32. The Balaban J connectivity index is 3.12. The van der Waals surface area contributed by atoms with Gasteiger partial charge < -0.3 is 0 Å². The van der Waals surface area contributed by atoms with Crippen molar-refractivity contribution in [3.8, 4) is 0 Å². The van der Waals surface area contributed by atoms with Crippen LogP contribution in [-0.2, 0) is 6.18 Å². The van der Waals surface area contributed by atoms with Gasteiger partial charge in [-0.05, 0) is 0 Å². The van der Waals surface area contributed by atoms with E-state index in [2.05, 4.69) is 5.10 Å². The average molecular weight is 214 g/mol. The number of carbonyl (C=O) groups excluding carboxylic acids is 1. The fourth-order valence-electron chi connectivity index (χ4n) is 0.807. The SMILES string of the molecule is O=C(c1cn[nH]c1C(F)(F)F)C(F)F. The standard InChI is InChI=1S/C6H3F5N2O/c7-5(8)3(14)2-1-12-13-4(2)6(9,10)11/h1,5H,(H,12,13). The lowest BCUT2D eigenvalue weighted by molar-refractivity contribution is -0.141. The first-order valence-electron chi connectivity index (χ1n) is 3.27. The van der Waals surface area contributed by atoms with Crippen LogP contribution in [0.2, 0.25) is 0 Å². The van der Waals surface area contributed by atoms with Gasteiger partial charge in [-0.2, -0.15) is 18.3 Å². The number of H-pyrrole nitrogens is 1. The average Bonchev–Trinajstić information content (AvgIpc) is 2.48. The van der Waals surface area contributed by atoms with Gasteiger partial charge in [0.25, 0.3) is 0 Å². The minimum atomic E-state index is -4.89. The fourth-order valence-corrected chi connectivity index (χ4v) is 0.807. The summed E-state index contributed by atoms with van der Waals surface area (Å²) in [5.41, 5.74) is -2.70. The van der Waals surface area contributed by atoms with Gasteiger partial charge in [-0.15, -0.1) is 0 Å². The second-order valence-corrected chi connectivity index (χ2v) is 2.32. The van der Waals surface area contributed by atoms with E-state index in [1.54, 1.807) is 0 Å². The summed E-state index contributed by atoms with van der Waals surface area (Å²) in [4.78, 5) is 10.6. The maximum Gasteiger partial charge on any atom is 0.433 e. The first kappa shape index (κ1) is 10.6. The van der Waals surface area contributed by atoms with Gasteiger partial charge >= 0.3 is 12.6 Å². The van der Waals surface area contributed by atoms with Crippen molar-refractivity contribution >= 4 is 5.78 Å². The molecule has 0 bridgehead atoms. The summed E-state index contributed by atoms with van der Waals surface area (Å²) >= 11 is 0. The molecule has 14 heavy (non-hydrogen) atoms. The molecule has 78 valence electrons. The zero-order valence-electron chi connectivity index (χ0n) is 6.40. The Hall–Kier alpha value is -1.47. The van der Waals surface area contributed by atoms with E-state index >= 15 is 0 Å². The van der Waals surface area contributed by atoms with Crippen LogP contribution in [0.25, 0.3) is 0 Å². The second kappa shape index (κ2) is 3.35. The maximum atomic E-state index is 12.0. The number of rotatable bonds is 2. The third kappa shape index (κ3) is 1.88. The molecule has 1 aromatic heterocycles. The van der Waals surface area contributed by atoms with Crippen molar-refractivity contribution in [3.05, 3.63) is 17.5 Å². The van der Waals surface area contributed by atoms with Crippen LogP contribution in [0.4, 0.5) is 22.0 Å². The van der Waals surface area contributed by atoms with Crippen LogP contribution >= 0.6 is 0 Å². The summed E-state index contributed by atoms with van der Waals surface area (Å²) in [6, 6.07) is 0. The van der Waals surface area contributed by atoms with Crippen molar-refractivity contribution in [2.24, 2.45) is 0 Å². The molecule has 0 saturated heterocycles. The van der Waals surface area contributed by atoms with E-state index in [9.17, 15) is 26.7 Å². The predicted octanol–water partition coefficient (Wildman–Crippen LogP) is 1.88. The summed E-state index contributed by atoms with van der Waals surface area (Å²) in [6.07, 6.45) is -7.94. The molecule has 1 N–H and O–H groups in total. The molecule has 8 heteroatoms. The first-order valence-corrected chi connectivity index (χ1v) is 3.27. The predicted molar refractivity (Wildman–Crippen MR) is 33.9 cm³/mol. The van der Waals surface area contributed by atoms with Crippen LogP contribution in [-0.4, -0.2) is 22.4 Å². The van der Waals surface area contributed by atoms with Gasteiger partial charge in [0.05, 0.1) is 11.8 Å². The zero-order valence-corrected chi connectivity index (χ0v) is 6.40. The largest absolute Gasteiger partial charge is 0.433 e. The van der Waals surface area contributed by atoms with Crippen molar-refractivity contribution in [3.63, 3.8) is 0 Å². The van der Waals surface area contributed by atoms with Gasteiger partial charge in [-0.25, -0.2) is 8.78 Å². The van der Waals surface area contributed by atoms with E-state index in [0.29, 0.717) is 6.20 Å². The number of nitrogens with one attached hydrogen (secondary N) is 1. The molecule has 0 unspecified atom stereocenters. The normalized spacial score (nSPS) is 12.1. The van der Waals surface area contributed by atoms with Gasteiger partial charge in [-0.1, -0.05) is 0 Å². The molecule has 0 aliphatic rings. The van der Waals surface area contributed by atoms with Crippen LogP contribution in [0.15, 0.2) is 6.20 Å². The maximum absolute atomic E-state index is 12.0. The van der Waals surface area contributed by atoms with Gasteiger partial charge in [0.2, 0.25) is 5.78 Å². The number of hydrogen-bond acceptors (Lipinski definition) is 2. The summed E-state index contributed by atoms with van der Waals surface area (Å²) < 4.78 is 59.7. The highest BCUT2D eigenvalue weighted by atomic mass is 19.4. The minimum Gasteiger partial charge on any atom is -0.288 e. The fraction of sp³-hybridized carbons (Fsp3) is 0.333.